The van der Waals surface area contributed by atoms with Gasteiger partial charge in [-0.25, -0.2) is 4.79 Å². The lowest BCUT2D eigenvalue weighted by Crippen LogP contribution is -2.36. The molecule has 0 bridgehead atoms. The summed E-state index contributed by atoms with van der Waals surface area (Å²) >= 11 is 0. The zero-order valence-electron chi connectivity index (χ0n) is 14.8. The molecule has 3 heteroatoms. The summed E-state index contributed by atoms with van der Waals surface area (Å²) in [6.07, 6.45) is 6.79. The van der Waals surface area contributed by atoms with Crippen molar-refractivity contribution in [1.82, 2.24) is 0 Å². The molecule has 0 amide bonds. The van der Waals surface area contributed by atoms with Crippen LogP contribution in [0.25, 0.3) is 0 Å². The van der Waals surface area contributed by atoms with Crippen molar-refractivity contribution in [3.05, 3.63) is 12.7 Å². The number of carbonyl (C=O) groups excluding carboxylic acids is 1. The third kappa shape index (κ3) is 7.54. The molecular weight excluding hydrogens is 264 g/mol. The van der Waals surface area contributed by atoms with Gasteiger partial charge in [0.2, 0.25) is 0 Å². The van der Waals surface area contributed by atoms with E-state index in [1.807, 2.05) is 27.7 Å². The van der Waals surface area contributed by atoms with Crippen molar-refractivity contribution < 1.29 is 14.3 Å². The summed E-state index contributed by atoms with van der Waals surface area (Å²) in [6, 6.07) is 0. The average molecular weight is 298 g/mol. The SMILES string of the molecule is C=CC(CCCC)(CCCC)OC(=O)OC(C)C(C)(C)C. The van der Waals surface area contributed by atoms with Gasteiger partial charge in [-0.15, -0.1) is 0 Å². The molecule has 3 nitrogen and oxygen atoms in total. The Kier molecular flexibility index (Phi) is 8.68. The summed E-state index contributed by atoms with van der Waals surface area (Å²) in [4.78, 5) is 12.1. The minimum Gasteiger partial charge on any atom is -0.431 e. The minimum absolute atomic E-state index is 0.0945. The van der Waals surface area contributed by atoms with E-state index in [0.29, 0.717) is 0 Å². The fourth-order valence-corrected chi connectivity index (χ4v) is 1.94. The van der Waals surface area contributed by atoms with Crippen LogP contribution < -0.4 is 0 Å². The lowest BCUT2D eigenvalue weighted by atomic mass is 9.90. The Balaban J connectivity index is 4.77. The smallest absolute Gasteiger partial charge is 0.431 e. The molecule has 0 aromatic rings. The molecule has 0 heterocycles. The Morgan fingerprint density at radius 3 is 1.95 bits per heavy atom. The second kappa shape index (κ2) is 9.11. The molecule has 0 rings (SSSR count). The lowest BCUT2D eigenvalue weighted by molar-refractivity contribution is -0.0539. The predicted octanol–water partition coefficient (Wildman–Crippen LogP) is 5.88. The van der Waals surface area contributed by atoms with Gasteiger partial charge in [-0.1, -0.05) is 54.0 Å². The molecule has 0 saturated heterocycles. The minimum atomic E-state index is -0.583. The van der Waals surface area contributed by atoms with Crippen molar-refractivity contribution in [2.45, 2.75) is 91.8 Å². The molecule has 0 saturated carbocycles. The molecule has 0 aliphatic heterocycles. The number of unbranched alkanes of at least 4 members (excludes halogenated alkanes) is 2. The fraction of sp³-hybridized carbons (Fsp3) is 0.833. The second-order valence-electron chi connectivity index (χ2n) is 6.95. The lowest BCUT2D eigenvalue weighted by Gasteiger charge is -2.32. The van der Waals surface area contributed by atoms with Gasteiger partial charge in [0.05, 0.1) is 0 Å². The zero-order valence-corrected chi connectivity index (χ0v) is 14.8. The molecule has 1 unspecified atom stereocenters. The summed E-state index contributed by atoms with van der Waals surface area (Å²) in [5, 5.41) is 0. The molecule has 0 aromatic heterocycles. The molecular formula is C18H34O3. The van der Waals surface area contributed by atoms with Crippen molar-refractivity contribution in [2.24, 2.45) is 5.41 Å². The number of carbonyl (C=O) groups is 1. The van der Waals surface area contributed by atoms with Crippen molar-refractivity contribution >= 4 is 6.16 Å². The van der Waals surface area contributed by atoms with Gasteiger partial charge in [0.15, 0.2) is 0 Å². The monoisotopic (exact) mass is 298 g/mol. The van der Waals surface area contributed by atoms with Crippen molar-refractivity contribution in [3.63, 3.8) is 0 Å². The van der Waals surface area contributed by atoms with Crippen molar-refractivity contribution in [1.29, 1.82) is 0 Å². The molecule has 0 fully saturated rings. The van der Waals surface area contributed by atoms with E-state index in [9.17, 15) is 4.79 Å². The van der Waals surface area contributed by atoms with E-state index in [2.05, 4.69) is 20.4 Å². The Morgan fingerprint density at radius 1 is 1.14 bits per heavy atom. The quantitative estimate of drug-likeness (QED) is 0.394. The van der Waals surface area contributed by atoms with Gasteiger partial charge in [0.25, 0.3) is 0 Å². The van der Waals surface area contributed by atoms with Crippen LogP contribution in [0.5, 0.6) is 0 Å². The molecule has 0 radical (unpaired) electrons. The Hall–Kier alpha value is -0.990. The molecule has 21 heavy (non-hydrogen) atoms. The highest BCUT2D eigenvalue weighted by atomic mass is 16.7. The van der Waals surface area contributed by atoms with E-state index in [1.54, 1.807) is 6.08 Å². The first-order valence-corrected chi connectivity index (χ1v) is 8.24. The van der Waals surface area contributed by atoms with Gasteiger partial charge in [0.1, 0.15) is 11.7 Å². The van der Waals surface area contributed by atoms with Gasteiger partial charge in [0, 0.05) is 0 Å². The van der Waals surface area contributed by atoms with E-state index in [4.69, 9.17) is 9.47 Å². The molecule has 0 aromatic carbocycles. The maximum atomic E-state index is 12.1. The van der Waals surface area contributed by atoms with Crippen LogP contribution in [0.1, 0.15) is 80.1 Å². The van der Waals surface area contributed by atoms with Gasteiger partial charge < -0.3 is 9.47 Å². The van der Waals surface area contributed by atoms with E-state index in [-0.39, 0.29) is 11.5 Å². The summed E-state index contributed by atoms with van der Waals surface area (Å²) < 4.78 is 11.1. The van der Waals surface area contributed by atoms with Crippen LogP contribution in [-0.2, 0) is 9.47 Å². The van der Waals surface area contributed by atoms with Crippen LogP contribution in [0.15, 0.2) is 12.7 Å². The highest BCUT2D eigenvalue weighted by Gasteiger charge is 2.32. The second-order valence-corrected chi connectivity index (χ2v) is 6.95. The van der Waals surface area contributed by atoms with E-state index in [1.165, 1.54) is 0 Å². The van der Waals surface area contributed by atoms with E-state index < -0.39 is 11.8 Å². The summed E-state index contributed by atoms with van der Waals surface area (Å²) in [6.45, 7) is 16.2. The highest BCUT2D eigenvalue weighted by molar-refractivity contribution is 5.61. The largest absolute Gasteiger partial charge is 0.509 e. The summed E-state index contributed by atoms with van der Waals surface area (Å²) in [5.41, 5.74) is -0.677. The van der Waals surface area contributed by atoms with Crippen LogP contribution in [0.4, 0.5) is 4.79 Å². The highest BCUT2D eigenvalue weighted by Crippen LogP contribution is 2.29. The predicted molar refractivity (Wildman–Crippen MR) is 88.5 cm³/mol. The average Bonchev–Trinajstić information content (AvgIpc) is 2.40. The Morgan fingerprint density at radius 2 is 1.62 bits per heavy atom. The summed E-state index contributed by atoms with van der Waals surface area (Å²) in [5.74, 6) is 0. The Labute approximate surface area is 131 Å². The Bertz CT molecular complexity index is 307. The summed E-state index contributed by atoms with van der Waals surface area (Å²) in [7, 11) is 0. The topological polar surface area (TPSA) is 35.5 Å². The van der Waals surface area contributed by atoms with Crippen LogP contribution in [-0.4, -0.2) is 17.9 Å². The standard InChI is InChI=1S/C18H34O3/c1-8-11-13-18(10-3,14-12-9-2)21-16(19)20-15(4)17(5,6)7/h10,15H,3,8-9,11-14H2,1-2,4-7H3. The first kappa shape index (κ1) is 20.0. The van der Waals surface area contributed by atoms with Crippen LogP contribution in [0.3, 0.4) is 0 Å². The van der Waals surface area contributed by atoms with Gasteiger partial charge in [-0.2, -0.15) is 0 Å². The van der Waals surface area contributed by atoms with E-state index >= 15 is 0 Å². The first-order valence-electron chi connectivity index (χ1n) is 8.24. The third-order valence-electron chi connectivity index (χ3n) is 4.06. The molecule has 124 valence electrons. The normalized spacial score (nSPS) is 13.6. The number of ether oxygens (including phenoxy) is 2. The number of rotatable bonds is 9. The molecule has 0 spiro atoms. The molecule has 0 N–H and O–H groups in total. The van der Waals surface area contributed by atoms with Gasteiger partial charge in [-0.3, -0.25) is 0 Å². The van der Waals surface area contributed by atoms with Crippen molar-refractivity contribution in [3.8, 4) is 0 Å². The zero-order chi connectivity index (χ0) is 16.5. The molecule has 0 aliphatic carbocycles. The van der Waals surface area contributed by atoms with Gasteiger partial charge >= 0.3 is 6.16 Å². The van der Waals surface area contributed by atoms with Gasteiger partial charge in [-0.05, 0) is 44.1 Å². The van der Waals surface area contributed by atoms with Crippen LogP contribution in [0.2, 0.25) is 0 Å². The molecule has 1 atom stereocenters. The van der Waals surface area contributed by atoms with Crippen LogP contribution >= 0.6 is 0 Å². The number of hydrogen-bond donors (Lipinski definition) is 0. The maximum absolute atomic E-state index is 12.1. The molecule has 0 aliphatic rings. The third-order valence-corrected chi connectivity index (χ3v) is 4.06. The maximum Gasteiger partial charge on any atom is 0.509 e. The number of hydrogen-bond acceptors (Lipinski definition) is 3. The van der Waals surface area contributed by atoms with Crippen LogP contribution in [0, 0.1) is 5.41 Å². The fourth-order valence-electron chi connectivity index (χ4n) is 1.94. The van der Waals surface area contributed by atoms with E-state index in [0.717, 1.165) is 38.5 Å². The first-order chi connectivity index (χ1) is 9.70. The van der Waals surface area contributed by atoms with Crippen molar-refractivity contribution in [2.75, 3.05) is 0 Å².